The van der Waals surface area contributed by atoms with Gasteiger partial charge in [-0.1, -0.05) is 11.2 Å². The van der Waals surface area contributed by atoms with Crippen LogP contribution in [0.3, 0.4) is 0 Å². The topological polar surface area (TPSA) is 85.8 Å². The number of rotatable bonds is 4. The monoisotopic (exact) mass is 343 g/mol. The highest BCUT2D eigenvalue weighted by Gasteiger charge is 2.23. The molecule has 0 saturated carbocycles. The molecule has 3 aromatic heterocycles. The number of carbonyl (C=O) groups excluding carboxylic acids is 1. The van der Waals surface area contributed by atoms with Crippen LogP contribution in [0, 0.1) is 0 Å². The Hall–Kier alpha value is -2.48. The van der Waals surface area contributed by atoms with Crippen LogP contribution in [0.15, 0.2) is 22.0 Å². The molecule has 0 aliphatic heterocycles. The van der Waals surface area contributed by atoms with Crippen LogP contribution in [0.5, 0.6) is 0 Å². The minimum absolute atomic E-state index is 0.184. The van der Waals surface area contributed by atoms with Crippen molar-refractivity contribution in [1.82, 2.24) is 25.2 Å². The lowest BCUT2D eigenvalue weighted by Crippen LogP contribution is -2.25. The van der Waals surface area contributed by atoms with Gasteiger partial charge in [0.25, 0.3) is 11.8 Å². The number of aryl methyl sites for hydroxylation is 1. The smallest absolute Gasteiger partial charge is 0.272 e. The summed E-state index contributed by atoms with van der Waals surface area (Å²) in [5.41, 5.74) is 2.77. The minimum Gasteiger partial charge on any atom is -0.343 e. The van der Waals surface area contributed by atoms with Gasteiger partial charge in [-0.2, -0.15) is 10.1 Å². The first-order chi connectivity index (χ1) is 11.7. The van der Waals surface area contributed by atoms with Crippen molar-refractivity contribution in [3.8, 4) is 10.8 Å². The van der Waals surface area contributed by atoms with Crippen LogP contribution < -0.4 is 5.32 Å². The van der Waals surface area contributed by atoms with Gasteiger partial charge in [-0.15, -0.1) is 11.3 Å². The molecule has 0 fully saturated rings. The van der Waals surface area contributed by atoms with E-state index < -0.39 is 0 Å². The molecule has 3 heterocycles. The van der Waals surface area contributed by atoms with Crippen molar-refractivity contribution < 1.29 is 9.32 Å². The summed E-state index contributed by atoms with van der Waals surface area (Å²) in [6, 6.07) is 3.84. The SMILES string of the molecule is Cn1nc(C(=O)NCc2noc(-c3cccs3)n2)c2c1CCCC2. The summed E-state index contributed by atoms with van der Waals surface area (Å²) in [6.07, 6.45) is 4.16. The molecule has 0 saturated heterocycles. The van der Waals surface area contributed by atoms with E-state index in [0.29, 0.717) is 17.4 Å². The summed E-state index contributed by atoms with van der Waals surface area (Å²) in [4.78, 5) is 17.7. The first-order valence-electron chi connectivity index (χ1n) is 7.92. The molecule has 0 aromatic carbocycles. The third-order valence-electron chi connectivity index (χ3n) is 4.19. The highest BCUT2D eigenvalue weighted by Crippen LogP contribution is 2.24. The van der Waals surface area contributed by atoms with Gasteiger partial charge in [-0.05, 0) is 37.1 Å². The Morgan fingerprint density at radius 2 is 2.29 bits per heavy atom. The van der Waals surface area contributed by atoms with E-state index in [1.54, 1.807) is 0 Å². The summed E-state index contributed by atoms with van der Waals surface area (Å²) in [7, 11) is 1.90. The normalized spacial score (nSPS) is 13.7. The molecule has 0 radical (unpaired) electrons. The summed E-state index contributed by atoms with van der Waals surface area (Å²) < 4.78 is 7.05. The predicted molar refractivity (Wildman–Crippen MR) is 88.6 cm³/mol. The number of fused-ring (bicyclic) bond motifs is 1. The maximum atomic E-state index is 12.5. The standard InChI is InChI=1S/C16H17N5O2S/c1-21-11-6-3-2-5-10(11)14(19-21)15(22)17-9-13-18-16(23-20-13)12-7-4-8-24-12/h4,7-8H,2-3,5-6,9H2,1H3,(H,17,22). The average Bonchev–Trinajstić information content (AvgIpc) is 3.33. The van der Waals surface area contributed by atoms with E-state index in [0.717, 1.165) is 36.1 Å². The van der Waals surface area contributed by atoms with E-state index in [4.69, 9.17) is 4.52 Å². The van der Waals surface area contributed by atoms with E-state index in [9.17, 15) is 4.79 Å². The molecule has 4 rings (SSSR count). The van der Waals surface area contributed by atoms with E-state index in [1.807, 2.05) is 29.2 Å². The summed E-state index contributed by atoms with van der Waals surface area (Å²) in [5, 5.41) is 13.1. The van der Waals surface area contributed by atoms with Crippen LogP contribution in [-0.4, -0.2) is 25.8 Å². The van der Waals surface area contributed by atoms with Crippen LogP contribution in [0.4, 0.5) is 0 Å². The second-order valence-electron chi connectivity index (χ2n) is 5.78. The van der Waals surface area contributed by atoms with Crippen LogP contribution in [0.25, 0.3) is 10.8 Å². The first-order valence-corrected chi connectivity index (χ1v) is 8.80. The van der Waals surface area contributed by atoms with Crippen molar-refractivity contribution >= 4 is 17.2 Å². The molecule has 8 heteroatoms. The Morgan fingerprint density at radius 1 is 1.42 bits per heavy atom. The molecule has 0 unspecified atom stereocenters. The molecule has 24 heavy (non-hydrogen) atoms. The van der Waals surface area contributed by atoms with Gasteiger partial charge in [-0.25, -0.2) is 0 Å². The van der Waals surface area contributed by atoms with Crippen molar-refractivity contribution in [2.24, 2.45) is 7.05 Å². The Morgan fingerprint density at radius 3 is 3.12 bits per heavy atom. The quantitative estimate of drug-likeness (QED) is 0.786. The molecule has 3 aromatic rings. The van der Waals surface area contributed by atoms with Gasteiger partial charge < -0.3 is 9.84 Å². The largest absolute Gasteiger partial charge is 0.343 e. The van der Waals surface area contributed by atoms with Crippen LogP contribution >= 0.6 is 11.3 Å². The maximum Gasteiger partial charge on any atom is 0.272 e. The maximum absolute atomic E-state index is 12.5. The van der Waals surface area contributed by atoms with Gasteiger partial charge in [0, 0.05) is 18.3 Å². The molecule has 0 bridgehead atoms. The van der Waals surface area contributed by atoms with Crippen LogP contribution in [-0.2, 0) is 26.4 Å². The molecular formula is C16H17N5O2S. The van der Waals surface area contributed by atoms with E-state index >= 15 is 0 Å². The Bertz CT molecular complexity index is 865. The third-order valence-corrected chi connectivity index (χ3v) is 5.05. The van der Waals surface area contributed by atoms with Gasteiger partial charge in [0.2, 0.25) is 0 Å². The lowest BCUT2D eigenvalue weighted by molar-refractivity contribution is 0.0943. The zero-order valence-electron chi connectivity index (χ0n) is 13.3. The fourth-order valence-corrected chi connectivity index (χ4v) is 3.67. The molecular weight excluding hydrogens is 326 g/mol. The summed E-state index contributed by atoms with van der Waals surface area (Å²) in [5.74, 6) is 0.747. The molecule has 0 spiro atoms. The Kier molecular flexibility index (Phi) is 3.89. The number of nitrogens with one attached hydrogen (secondary N) is 1. The Balaban J connectivity index is 1.46. The van der Waals surface area contributed by atoms with Crippen molar-refractivity contribution in [2.45, 2.75) is 32.2 Å². The predicted octanol–water partition coefficient (Wildman–Crippen LogP) is 2.34. The van der Waals surface area contributed by atoms with E-state index in [2.05, 4.69) is 20.6 Å². The molecule has 1 aliphatic carbocycles. The first kappa shape index (κ1) is 15.1. The lowest BCUT2D eigenvalue weighted by Gasteiger charge is -2.12. The van der Waals surface area contributed by atoms with Crippen molar-refractivity contribution in [2.75, 3.05) is 0 Å². The van der Waals surface area contributed by atoms with Gasteiger partial charge in [-0.3, -0.25) is 9.48 Å². The van der Waals surface area contributed by atoms with Gasteiger partial charge in [0.05, 0.1) is 11.4 Å². The average molecular weight is 343 g/mol. The molecule has 7 nitrogen and oxygen atoms in total. The van der Waals surface area contributed by atoms with Crippen molar-refractivity contribution in [3.63, 3.8) is 0 Å². The van der Waals surface area contributed by atoms with E-state index in [1.165, 1.54) is 17.0 Å². The Labute approximate surface area is 142 Å². The fraction of sp³-hybridized carbons (Fsp3) is 0.375. The number of hydrogen-bond acceptors (Lipinski definition) is 6. The highest BCUT2D eigenvalue weighted by atomic mass is 32.1. The molecule has 1 N–H and O–H groups in total. The summed E-state index contributed by atoms with van der Waals surface area (Å²) in [6.45, 7) is 0.221. The second-order valence-corrected chi connectivity index (χ2v) is 6.73. The highest BCUT2D eigenvalue weighted by molar-refractivity contribution is 7.13. The molecule has 0 atom stereocenters. The van der Waals surface area contributed by atoms with E-state index in [-0.39, 0.29) is 12.5 Å². The van der Waals surface area contributed by atoms with Gasteiger partial charge in [0.1, 0.15) is 0 Å². The third kappa shape index (κ3) is 2.73. The number of hydrogen-bond donors (Lipinski definition) is 1. The number of amides is 1. The van der Waals surface area contributed by atoms with Gasteiger partial charge in [0.15, 0.2) is 11.5 Å². The lowest BCUT2D eigenvalue weighted by atomic mass is 9.95. The van der Waals surface area contributed by atoms with Crippen molar-refractivity contribution in [3.05, 3.63) is 40.3 Å². The van der Waals surface area contributed by atoms with Crippen molar-refractivity contribution in [1.29, 1.82) is 0 Å². The van der Waals surface area contributed by atoms with Crippen LogP contribution in [0.1, 0.15) is 40.4 Å². The van der Waals surface area contributed by atoms with Crippen LogP contribution in [0.2, 0.25) is 0 Å². The van der Waals surface area contributed by atoms with Gasteiger partial charge >= 0.3 is 0 Å². The summed E-state index contributed by atoms with van der Waals surface area (Å²) >= 11 is 1.53. The number of carbonyl (C=O) groups is 1. The number of aromatic nitrogens is 4. The molecule has 124 valence electrons. The number of nitrogens with zero attached hydrogens (tertiary/aromatic N) is 4. The second kappa shape index (κ2) is 6.20. The zero-order chi connectivity index (χ0) is 16.5. The fourth-order valence-electron chi connectivity index (χ4n) is 3.02. The number of thiophene rings is 1. The zero-order valence-corrected chi connectivity index (χ0v) is 14.1. The molecule has 1 amide bonds. The molecule has 1 aliphatic rings. The minimum atomic E-state index is -0.184.